The molecule has 0 rings (SSSR count). The van der Waals surface area contributed by atoms with Crippen molar-refractivity contribution in [3.63, 3.8) is 0 Å². The van der Waals surface area contributed by atoms with Crippen LogP contribution in [-0.4, -0.2) is 74.9 Å². The SMILES string of the molecule is CC/C=C\C/C=C\C/C=C\C/C=C\C/C=C\C/C=C\CCCCCCC(=O)OC(COC(=O)CCCCCCC/C=C\C/C=C\C/C=C\C/C=C\C/C=C\CC)COP(=O)(O)OCC[N+](C)(C)C. The largest absolute Gasteiger partial charge is 0.472 e. The fourth-order valence-electron chi connectivity index (χ4n) is 6.22. The zero-order valence-corrected chi connectivity index (χ0v) is 44.2. The van der Waals surface area contributed by atoms with Gasteiger partial charge in [-0.05, 0) is 109 Å². The zero-order chi connectivity index (χ0) is 49.9. The van der Waals surface area contributed by atoms with Crippen LogP contribution in [0.25, 0.3) is 0 Å². The van der Waals surface area contributed by atoms with Gasteiger partial charge in [-0.25, -0.2) is 4.57 Å². The lowest BCUT2D eigenvalue weighted by molar-refractivity contribution is -0.870. The minimum Gasteiger partial charge on any atom is -0.462 e. The van der Waals surface area contributed by atoms with Gasteiger partial charge in [0.05, 0.1) is 27.7 Å². The number of likely N-dealkylation sites (N-methyl/N-ethyl adjacent to an activating group) is 1. The first-order valence-electron chi connectivity index (χ1n) is 25.9. The van der Waals surface area contributed by atoms with E-state index in [-0.39, 0.29) is 26.1 Å². The summed E-state index contributed by atoms with van der Waals surface area (Å²) in [5, 5.41) is 0. The van der Waals surface area contributed by atoms with E-state index in [1.54, 1.807) is 0 Å². The van der Waals surface area contributed by atoms with Gasteiger partial charge >= 0.3 is 19.8 Å². The van der Waals surface area contributed by atoms with E-state index in [0.717, 1.165) is 128 Å². The Hall–Kier alpha value is -3.85. The summed E-state index contributed by atoms with van der Waals surface area (Å²) in [5.74, 6) is -0.863. The molecular formula is C58H95NO8P+. The number of nitrogens with zero attached hydrogens (tertiary/aromatic N) is 1. The number of hydrogen-bond donors (Lipinski definition) is 1. The number of quaternary nitrogens is 1. The number of carbonyl (C=O) groups excluding carboxylic acids is 2. The molecule has 384 valence electrons. The van der Waals surface area contributed by atoms with Crippen LogP contribution in [0.4, 0.5) is 0 Å². The van der Waals surface area contributed by atoms with Crippen LogP contribution in [0.15, 0.2) is 134 Å². The van der Waals surface area contributed by atoms with Crippen LogP contribution in [0.5, 0.6) is 0 Å². The standard InChI is InChI=1S/C58H94NO8P/c1-6-8-10-12-14-16-18-20-22-24-26-28-29-31-33-35-37-39-41-43-45-47-49-51-58(61)67-56(55-66-68(62,63)65-53-52-59(3,4)5)54-64-57(60)50-48-46-44-42-40-38-36-34-32-30-27-25-23-21-19-17-15-13-11-9-7-2/h8-11,14-17,20-23,26-28,30-31,33-34,36-37,39,56H,6-7,12-13,18-19,24-25,29,32,35,38,40-55H2,1-5H3/p+1/b10-8-,11-9-,16-14-,17-15-,22-20-,23-21-,28-26-,30-27-,33-31-,36-34-,39-37-. The summed E-state index contributed by atoms with van der Waals surface area (Å²) in [4.78, 5) is 35.6. The van der Waals surface area contributed by atoms with Crippen molar-refractivity contribution < 1.29 is 42.1 Å². The molecule has 0 amide bonds. The third-order valence-electron chi connectivity index (χ3n) is 10.2. The zero-order valence-electron chi connectivity index (χ0n) is 43.3. The van der Waals surface area contributed by atoms with Crippen LogP contribution in [0.3, 0.4) is 0 Å². The van der Waals surface area contributed by atoms with Gasteiger partial charge in [0.15, 0.2) is 6.10 Å². The van der Waals surface area contributed by atoms with Crippen molar-refractivity contribution in [1.82, 2.24) is 0 Å². The fourth-order valence-corrected chi connectivity index (χ4v) is 6.96. The van der Waals surface area contributed by atoms with E-state index in [1.165, 1.54) is 0 Å². The second-order valence-electron chi connectivity index (χ2n) is 17.8. The molecule has 0 aromatic rings. The number of esters is 2. The molecule has 0 aromatic heterocycles. The molecule has 10 heteroatoms. The highest BCUT2D eigenvalue weighted by molar-refractivity contribution is 7.47. The predicted octanol–water partition coefficient (Wildman–Crippen LogP) is 15.8. The van der Waals surface area contributed by atoms with Crippen molar-refractivity contribution in [1.29, 1.82) is 0 Å². The van der Waals surface area contributed by atoms with Crippen molar-refractivity contribution in [3.8, 4) is 0 Å². The number of unbranched alkanes of at least 4 members (excludes halogenated alkanes) is 9. The molecule has 1 N–H and O–H groups in total. The maximum absolute atomic E-state index is 12.8. The lowest BCUT2D eigenvalue weighted by atomic mass is 10.1. The molecule has 2 atom stereocenters. The maximum atomic E-state index is 12.8. The van der Waals surface area contributed by atoms with Crippen molar-refractivity contribution in [2.75, 3.05) is 47.5 Å². The first-order valence-corrected chi connectivity index (χ1v) is 27.4. The van der Waals surface area contributed by atoms with Crippen molar-refractivity contribution in [2.45, 2.75) is 174 Å². The van der Waals surface area contributed by atoms with E-state index < -0.39 is 32.5 Å². The molecular weight excluding hydrogens is 870 g/mol. The minimum atomic E-state index is -4.41. The summed E-state index contributed by atoms with van der Waals surface area (Å²) >= 11 is 0. The Kier molecular flexibility index (Phi) is 45.5. The first kappa shape index (κ1) is 64.2. The minimum absolute atomic E-state index is 0.0141. The number of rotatable bonds is 45. The van der Waals surface area contributed by atoms with Gasteiger partial charge in [-0.3, -0.25) is 18.6 Å². The molecule has 0 aromatic carbocycles. The molecule has 68 heavy (non-hydrogen) atoms. The number of hydrogen-bond acceptors (Lipinski definition) is 7. The molecule has 2 unspecified atom stereocenters. The van der Waals surface area contributed by atoms with E-state index in [0.29, 0.717) is 23.9 Å². The third-order valence-corrected chi connectivity index (χ3v) is 11.2. The van der Waals surface area contributed by atoms with E-state index in [9.17, 15) is 19.0 Å². The third kappa shape index (κ3) is 51.5. The molecule has 0 aliphatic rings. The van der Waals surface area contributed by atoms with Crippen molar-refractivity contribution in [2.24, 2.45) is 0 Å². The second kappa shape index (κ2) is 48.2. The Balaban J connectivity index is 4.39. The molecule has 0 spiro atoms. The highest BCUT2D eigenvalue weighted by Gasteiger charge is 2.27. The monoisotopic (exact) mass is 965 g/mol. The van der Waals surface area contributed by atoms with Gasteiger partial charge in [0.1, 0.15) is 19.8 Å². The Morgan fingerprint density at radius 3 is 1.18 bits per heavy atom. The summed E-state index contributed by atoms with van der Waals surface area (Å²) in [6.07, 6.45) is 69.3. The second-order valence-corrected chi connectivity index (χ2v) is 19.2. The van der Waals surface area contributed by atoms with Gasteiger partial charge in [0.2, 0.25) is 0 Å². The Morgan fingerprint density at radius 2 is 0.794 bits per heavy atom. The Bertz CT molecular complexity index is 1610. The van der Waals surface area contributed by atoms with Gasteiger partial charge in [0.25, 0.3) is 0 Å². The summed E-state index contributed by atoms with van der Waals surface area (Å²) in [6.45, 7) is 4.12. The lowest BCUT2D eigenvalue weighted by Gasteiger charge is -2.24. The summed E-state index contributed by atoms with van der Waals surface area (Å²) in [5.41, 5.74) is 0. The molecule has 0 radical (unpaired) electrons. The van der Waals surface area contributed by atoms with Crippen LogP contribution in [0.2, 0.25) is 0 Å². The maximum Gasteiger partial charge on any atom is 0.472 e. The topological polar surface area (TPSA) is 108 Å². The lowest BCUT2D eigenvalue weighted by Crippen LogP contribution is -2.37. The highest BCUT2D eigenvalue weighted by Crippen LogP contribution is 2.43. The quantitative estimate of drug-likeness (QED) is 0.0211. The van der Waals surface area contributed by atoms with E-state index in [2.05, 4.69) is 148 Å². The summed E-state index contributed by atoms with van der Waals surface area (Å²) in [6, 6.07) is 0. The van der Waals surface area contributed by atoms with E-state index >= 15 is 0 Å². The predicted molar refractivity (Wildman–Crippen MR) is 288 cm³/mol. The van der Waals surface area contributed by atoms with Crippen molar-refractivity contribution >= 4 is 19.8 Å². The molecule has 0 aliphatic heterocycles. The van der Waals surface area contributed by atoms with E-state index in [4.69, 9.17) is 18.5 Å². The van der Waals surface area contributed by atoms with Gasteiger partial charge in [-0.1, -0.05) is 180 Å². The average Bonchev–Trinajstić information content (AvgIpc) is 3.30. The molecule has 0 aliphatic carbocycles. The fraction of sp³-hybridized carbons (Fsp3) is 0.586. The molecule has 0 saturated heterocycles. The normalized spacial score (nSPS) is 14.5. The van der Waals surface area contributed by atoms with Crippen LogP contribution >= 0.6 is 7.82 Å². The molecule has 0 bridgehead atoms. The average molecular weight is 965 g/mol. The molecule has 0 fully saturated rings. The first-order chi connectivity index (χ1) is 33.0. The number of carbonyl (C=O) groups is 2. The van der Waals surface area contributed by atoms with Gasteiger partial charge in [0, 0.05) is 12.8 Å². The smallest absolute Gasteiger partial charge is 0.462 e. The number of ether oxygens (including phenoxy) is 2. The van der Waals surface area contributed by atoms with Crippen LogP contribution in [-0.2, 0) is 32.7 Å². The van der Waals surface area contributed by atoms with E-state index in [1.807, 2.05) is 21.1 Å². The van der Waals surface area contributed by atoms with Gasteiger partial charge in [-0.2, -0.15) is 0 Å². The van der Waals surface area contributed by atoms with Crippen LogP contribution in [0, 0.1) is 0 Å². The Labute approximate surface area is 415 Å². The van der Waals surface area contributed by atoms with Crippen molar-refractivity contribution in [3.05, 3.63) is 134 Å². The molecule has 9 nitrogen and oxygen atoms in total. The number of phosphoric acid groups is 1. The molecule has 0 saturated carbocycles. The Morgan fingerprint density at radius 1 is 0.456 bits per heavy atom. The number of allylic oxidation sites excluding steroid dienone is 22. The highest BCUT2D eigenvalue weighted by atomic mass is 31.2. The van der Waals surface area contributed by atoms with Crippen LogP contribution < -0.4 is 0 Å². The number of phosphoric ester groups is 1. The van der Waals surface area contributed by atoms with Gasteiger partial charge in [-0.15, -0.1) is 0 Å². The summed E-state index contributed by atoms with van der Waals surface area (Å²) < 4.78 is 34.4. The summed E-state index contributed by atoms with van der Waals surface area (Å²) in [7, 11) is 1.42. The van der Waals surface area contributed by atoms with Crippen LogP contribution in [0.1, 0.15) is 168 Å². The van der Waals surface area contributed by atoms with Gasteiger partial charge < -0.3 is 18.9 Å². The molecule has 0 heterocycles.